The van der Waals surface area contributed by atoms with Crippen molar-refractivity contribution in [3.05, 3.63) is 30.3 Å². The molecule has 0 N–H and O–H groups in total. The third-order valence-corrected chi connectivity index (χ3v) is 5.86. The molecule has 1 aromatic rings. The Morgan fingerprint density at radius 2 is 1.54 bits per heavy atom. The number of rotatable bonds is 1. The standard InChI is InChI=1S/C10H13AsO2/c1-8-9(2)13-11(12-8)10-6-4-3-5-7-10/h3-9H,1-2H3. The Bertz CT molecular complexity index is 266. The van der Waals surface area contributed by atoms with Gasteiger partial charge in [0.15, 0.2) is 0 Å². The molecule has 0 bridgehead atoms. The van der Waals surface area contributed by atoms with Crippen LogP contribution in [0.15, 0.2) is 30.3 Å². The van der Waals surface area contributed by atoms with Crippen molar-refractivity contribution in [2.45, 2.75) is 26.1 Å². The first kappa shape index (κ1) is 9.26. The van der Waals surface area contributed by atoms with Gasteiger partial charge in [-0.05, 0) is 0 Å². The predicted octanol–water partition coefficient (Wildman–Crippen LogP) is 1.21. The number of hydrogen-bond acceptors (Lipinski definition) is 2. The molecule has 13 heavy (non-hydrogen) atoms. The summed E-state index contributed by atoms with van der Waals surface area (Å²) in [5, 5.41) is 0. The average molecular weight is 240 g/mol. The monoisotopic (exact) mass is 240 g/mol. The Morgan fingerprint density at radius 3 is 2.08 bits per heavy atom. The minimum absolute atomic E-state index is 0.250. The van der Waals surface area contributed by atoms with Gasteiger partial charge in [-0.1, -0.05) is 0 Å². The van der Waals surface area contributed by atoms with Crippen LogP contribution in [-0.4, -0.2) is 27.5 Å². The van der Waals surface area contributed by atoms with Gasteiger partial charge in [-0.25, -0.2) is 0 Å². The Hall–Kier alpha value is -0.302. The van der Waals surface area contributed by atoms with Crippen LogP contribution in [0.5, 0.6) is 0 Å². The van der Waals surface area contributed by atoms with Gasteiger partial charge in [0.25, 0.3) is 0 Å². The van der Waals surface area contributed by atoms with Gasteiger partial charge in [-0.2, -0.15) is 0 Å². The zero-order valence-electron chi connectivity index (χ0n) is 7.81. The molecule has 3 heteroatoms. The molecule has 1 aliphatic rings. The van der Waals surface area contributed by atoms with Crippen molar-refractivity contribution >= 4 is 19.7 Å². The summed E-state index contributed by atoms with van der Waals surface area (Å²) in [4.78, 5) is 0. The topological polar surface area (TPSA) is 18.5 Å². The Kier molecular flexibility index (Phi) is 2.73. The fourth-order valence-electron chi connectivity index (χ4n) is 1.17. The third kappa shape index (κ3) is 1.96. The fraction of sp³-hybridized carbons (Fsp3) is 0.400. The molecule has 2 nitrogen and oxygen atoms in total. The van der Waals surface area contributed by atoms with Crippen LogP contribution < -0.4 is 4.35 Å². The van der Waals surface area contributed by atoms with Gasteiger partial charge in [-0.15, -0.1) is 0 Å². The molecule has 0 aliphatic carbocycles. The fourth-order valence-corrected chi connectivity index (χ4v) is 4.64. The second kappa shape index (κ2) is 3.83. The van der Waals surface area contributed by atoms with E-state index in [9.17, 15) is 0 Å². The van der Waals surface area contributed by atoms with Crippen LogP contribution in [0.25, 0.3) is 0 Å². The van der Waals surface area contributed by atoms with Gasteiger partial charge in [0, 0.05) is 0 Å². The molecule has 1 heterocycles. The molecule has 2 rings (SSSR count). The molecule has 0 saturated carbocycles. The summed E-state index contributed by atoms with van der Waals surface area (Å²) in [7, 11) is 0. The third-order valence-electron chi connectivity index (χ3n) is 2.15. The van der Waals surface area contributed by atoms with E-state index in [1.165, 1.54) is 4.35 Å². The zero-order valence-corrected chi connectivity index (χ0v) is 9.68. The van der Waals surface area contributed by atoms with Crippen LogP contribution in [-0.2, 0) is 7.45 Å². The van der Waals surface area contributed by atoms with Gasteiger partial charge >= 0.3 is 83.5 Å². The van der Waals surface area contributed by atoms with Gasteiger partial charge < -0.3 is 0 Å². The van der Waals surface area contributed by atoms with Crippen molar-refractivity contribution in [2.24, 2.45) is 0 Å². The van der Waals surface area contributed by atoms with E-state index in [1.807, 2.05) is 18.2 Å². The molecule has 1 fully saturated rings. The van der Waals surface area contributed by atoms with Crippen LogP contribution in [0.1, 0.15) is 13.8 Å². The minimum atomic E-state index is -1.62. The van der Waals surface area contributed by atoms with Crippen molar-refractivity contribution in [3.63, 3.8) is 0 Å². The van der Waals surface area contributed by atoms with E-state index in [2.05, 4.69) is 26.0 Å². The Balaban J connectivity index is 2.12. The molecule has 2 unspecified atom stereocenters. The van der Waals surface area contributed by atoms with E-state index in [0.717, 1.165) is 0 Å². The first-order valence-corrected chi connectivity index (χ1v) is 6.93. The van der Waals surface area contributed by atoms with Crippen LogP contribution >= 0.6 is 0 Å². The van der Waals surface area contributed by atoms with E-state index in [1.54, 1.807) is 0 Å². The molecule has 70 valence electrons. The molecular weight excluding hydrogens is 227 g/mol. The summed E-state index contributed by atoms with van der Waals surface area (Å²) < 4.78 is 12.8. The molecule has 0 amide bonds. The Labute approximate surface area is 83.8 Å². The molecule has 0 radical (unpaired) electrons. The SMILES string of the molecule is CC1O[As](c2ccccc2)OC1C. The Morgan fingerprint density at radius 1 is 1.00 bits per heavy atom. The van der Waals surface area contributed by atoms with E-state index in [0.29, 0.717) is 0 Å². The number of hydrogen-bond donors (Lipinski definition) is 0. The van der Waals surface area contributed by atoms with E-state index in [4.69, 9.17) is 7.45 Å². The van der Waals surface area contributed by atoms with E-state index >= 15 is 0 Å². The summed E-state index contributed by atoms with van der Waals surface area (Å²) in [5.74, 6) is 0. The first-order chi connectivity index (χ1) is 6.27. The van der Waals surface area contributed by atoms with Crippen LogP contribution in [0.3, 0.4) is 0 Å². The summed E-state index contributed by atoms with van der Waals surface area (Å²) in [6, 6.07) is 10.3. The maximum atomic E-state index is 5.78. The second-order valence-corrected chi connectivity index (χ2v) is 6.26. The summed E-state index contributed by atoms with van der Waals surface area (Å²) in [6.45, 7) is 4.14. The van der Waals surface area contributed by atoms with Crippen molar-refractivity contribution < 1.29 is 7.45 Å². The van der Waals surface area contributed by atoms with Gasteiger partial charge in [0.1, 0.15) is 0 Å². The number of benzene rings is 1. The van der Waals surface area contributed by atoms with Crippen LogP contribution in [0, 0.1) is 0 Å². The average Bonchev–Trinajstić information content (AvgIpc) is 2.49. The van der Waals surface area contributed by atoms with Crippen molar-refractivity contribution in [1.29, 1.82) is 0 Å². The van der Waals surface area contributed by atoms with Crippen LogP contribution in [0.2, 0.25) is 0 Å². The molecule has 0 aromatic heterocycles. The van der Waals surface area contributed by atoms with Gasteiger partial charge in [0.2, 0.25) is 0 Å². The molecule has 1 aliphatic heterocycles. The first-order valence-electron chi connectivity index (χ1n) is 4.46. The molecule has 1 saturated heterocycles. The van der Waals surface area contributed by atoms with Crippen LogP contribution in [0.4, 0.5) is 0 Å². The molecule has 0 spiro atoms. The van der Waals surface area contributed by atoms with Gasteiger partial charge in [0.05, 0.1) is 0 Å². The second-order valence-electron chi connectivity index (χ2n) is 3.21. The zero-order chi connectivity index (χ0) is 9.26. The maximum absolute atomic E-state index is 5.78. The van der Waals surface area contributed by atoms with Crippen molar-refractivity contribution in [1.82, 2.24) is 0 Å². The van der Waals surface area contributed by atoms with E-state index < -0.39 is 15.3 Å². The summed E-state index contributed by atoms with van der Waals surface area (Å²) >= 11 is -1.62. The molecular formula is C10H13AsO2. The van der Waals surface area contributed by atoms with E-state index in [-0.39, 0.29) is 12.2 Å². The quantitative estimate of drug-likeness (QED) is 0.687. The van der Waals surface area contributed by atoms with Crippen molar-refractivity contribution in [3.8, 4) is 0 Å². The molecule has 1 aromatic carbocycles. The normalized spacial score (nSPS) is 33.5. The predicted molar refractivity (Wildman–Crippen MR) is 52.9 cm³/mol. The van der Waals surface area contributed by atoms with Crippen molar-refractivity contribution in [2.75, 3.05) is 0 Å². The summed E-state index contributed by atoms with van der Waals surface area (Å²) in [6.07, 6.45) is 0.500. The molecule has 2 atom stereocenters. The summed E-state index contributed by atoms with van der Waals surface area (Å²) in [5.41, 5.74) is 0. The van der Waals surface area contributed by atoms with Gasteiger partial charge in [-0.3, -0.25) is 0 Å².